The van der Waals surface area contributed by atoms with Crippen LogP contribution in [0.5, 0.6) is 0 Å². The van der Waals surface area contributed by atoms with Crippen LogP contribution in [0.1, 0.15) is 32.6 Å². The maximum Gasteiger partial charge on any atom is 0.293 e. The summed E-state index contributed by atoms with van der Waals surface area (Å²) in [5.74, 6) is 2.06. The van der Waals surface area contributed by atoms with E-state index in [1.54, 1.807) is 0 Å². The highest BCUT2D eigenvalue weighted by molar-refractivity contribution is 6.51. The lowest BCUT2D eigenvalue weighted by atomic mass is 9.57. The lowest BCUT2D eigenvalue weighted by molar-refractivity contribution is 0.334. The predicted molar refractivity (Wildman–Crippen MR) is 52.4 cm³/mol. The van der Waals surface area contributed by atoms with Crippen LogP contribution in [0.15, 0.2) is 0 Å². The summed E-state index contributed by atoms with van der Waals surface area (Å²) >= 11 is 0. The van der Waals surface area contributed by atoms with Crippen LogP contribution in [0, 0.1) is 11.8 Å². The van der Waals surface area contributed by atoms with E-state index in [0.29, 0.717) is 6.92 Å². The van der Waals surface area contributed by atoms with Crippen LogP contribution in [0.25, 0.3) is 0 Å². The Bertz CT molecular complexity index is 149. The largest absolute Gasteiger partial charge is 0.436 e. The molecule has 12 heavy (non-hydrogen) atoms. The van der Waals surface area contributed by atoms with E-state index < -0.39 is 0 Å². The molecule has 68 valence electrons. The average Bonchev–Trinajstić information content (AvgIpc) is 2.37. The quantitative estimate of drug-likeness (QED) is 0.573. The highest BCUT2D eigenvalue weighted by atomic mass is 16.4. The Kier molecular flexibility index (Phi) is 2.74. The number of rotatable bonds is 2. The molecule has 0 radical (unpaired) electrons. The van der Waals surface area contributed by atoms with Gasteiger partial charge in [-0.15, -0.1) is 0 Å². The Hall–Kier alpha value is 0.0249. The standard InChI is InChI=1S/C10H19BO/c1-2-12-11-6-5-9-3-4-10(7-9)8-11/h9-10H,2-8H2,1H3. The molecule has 0 N–H and O–H groups in total. The molecule has 1 saturated heterocycles. The zero-order valence-corrected chi connectivity index (χ0v) is 8.09. The molecule has 1 saturated carbocycles. The first kappa shape index (κ1) is 8.62. The van der Waals surface area contributed by atoms with Crippen molar-refractivity contribution in [2.45, 2.75) is 45.2 Å². The second-order valence-corrected chi connectivity index (χ2v) is 4.44. The van der Waals surface area contributed by atoms with Crippen LogP contribution >= 0.6 is 0 Å². The molecule has 1 heterocycles. The van der Waals surface area contributed by atoms with E-state index in [1.165, 1.54) is 38.3 Å². The summed E-state index contributed by atoms with van der Waals surface area (Å²) in [5.41, 5.74) is 0. The molecule has 2 fully saturated rings. The van der Waals surface area contributed by atoms with Crippen molar-refractivity contribution in [1.82, 2.24) is 0 Å². The van der Waals surface area contributed by atoms with E-state index in [1.807, 2.05) is 0 Å². The molecule has 0 aromatic rings. The second-order valence-electron chi connectivity index (χ2n) is 4.44. The molecular formula is C10H19BO. The van der Waals surface area contributed by atoms with Crippen molar-refractivity contribution in [3.05, 3.63) is 0 Å². The SMILES string of the molecule is CCOB1CCC2CCC(C1)C2. The number of hydrogen-bond acceptors (Lipinski definition) is 1. The van der Waals surface area contributed by atoms with Gasteiger partial charge in [0.25, 0.3) is 6.92 Å². The van der Waals surface area contributed by atoms with Gasteiger partial charge in [0.15, 0.2) is 0 Å². The van der Waals surface area contributed by atoms with Gasteiger partial charge in [-0.1, -0.05) is 19.3 Å². The zero-order valence-electron chi connectivity index (χ0n) is 8.09. The molecule has 0 amide bonds. The van der Waals surface area contributed by atoms with Crippen molar-refractivity contribution in [2.24, 2.45) is 11.8 Å². The van der Waals surface area contributed by atoms with Gasteiger partial charge in [0.05, 0.1) is 0 Å². The molecular weight excluding hydrogens is 147 g/mol. The van der Waals surface area contributed by atoms with E-state index >= 15 is 0 Å². The topological polar surface area (TPSA) is 9.23 Å². The molecule has 0 spiro atoms. The zero-order chi connectivity index (χ0) is 8.39. The van der Waals surface area contributed by atoms with Crippen LogP contribution in [-0.2, 0) is 4.65 Å². The summed E-state index contributed by atoms with van der Waals surface area (Å²) in [6, 6.07) is 0. The summed E-state index contributed by atoms with van der Waals surface area (Å²) in [4.78, 5) is 0. The van der Waals surface area contributed by atoms with E-state index in [0.717, 1.165) is 18.4 Å². The third kappa shape index (κ3) is 1.85. The first-order chi connectivity index (χ1) is 5.88. The van der Waals surface area contributed by atoms with Gasteiger partial charge in [0, 0.05) is 6.61 Å². The molecule has 2 heteroatoms. The molecule has 1 aliphatic heterocycles. The Balaban J connectivity index is 1.87. The maximum atomic E-state index is 5.72. The van der Waals surface area contributed by atoms with E-state index in [-0.39, 0.29) is 0 Å². The normalized spacial score (nSPS) is 35.2. The van der Waals surface area contributed by atoms with Crippen molar-refractivity contribution in [3.63, 3.8) is 0 Å². The third-order valence-corrected chi connectivity index (χ3v) is 3.55. The van der Waals surface area contributed by atoms with Gasteiger partial charge in [-0.25, -0.2) is 0 Å². The maximum absolute atomic E-state index is 5.72. The van der Waals surface area contributed by atoms with Gasteiger partial charge in [0.1, 0.15) is 0 Å². The van der Waals surface area contributed by atoms with Crippen molar-refractivity contribution >= 4 is 6.92 Å². The highest BCUT2D eigenvalue weighted by Crippen LogP contribution is 2.40. The highest BCUT2D eigenvalue weighted by Gasteiger charge is 2.33. The Morgan fingerprint density at radius 2 is 2.08 bits per heavy atom. The summed E-state index contributed by atoms with van der Waals surface area (Å²) in [6.45, 7) is 3.62. The minimum Gasteiger partial charge on any atom is -0.436 e. The predicted octanol–water partition coefficient (Wildman–Crippen LogP) is 2.83. The Morgan fingerprint density at radius 1 is 1.25 bits per heavy atom. The lowest BCUT2D eigenvalue weighted by Crippen LogP contribution is -2.20. The van der Waals surface area contributed by atoms with E-state index in [4.69, 9.17) is 4.65 Å². The van der Waals surface area contributed by atoms with Crippen LogP contribution in [-0.4, -0.2) is 13.5 Å². The minimum absolute atomic E-state index is 0.602. The molecule has 2 aliphatic rings. The average molecular weight is 166 g/mol. The third-order valence-electron chi connectivity index (χ3n) is 3.55. The molecule has 2 bridgehead atoms. The van der Waals surface area contributed by atoms with Gasteiger partial charge < -0.3 is 4.65 Å². The van der Waals surface area contributed by atoms with Crippen LogP contribution in [0.2, 0.25) is 12.6 Å². The van der Waals surface area contributed by atoms with Crippen LogP contribution in [0.4, 0.5) is 0 Å². The second kappa shape index (κ2) is 3.82. The monoisotopic (exact) mass is 166 g/mol. The molecule has 2 rings (SSSR count). The molecule has 1 nitrogen and oxygen atoms in total. The van der Waals surface area contributed by atoms with Crippen molar-refractivity contribution in [2.75, 3.05) is 6.61 Å². The molecule has 2 unspecified atom stereocenters. The lowest BCUT2D eigenvalue weighted by Gasteiger charge is -2.15. The smallest absolute Gasteiger partial charge is 0.293 e. The first-order valence-electron chi connectivity index (χ1n) is 5.50. The minimum atomic E-state index is 0.602. The summed E-state index contributed by atoms with van der Waals surface area (Å²) in [5, 5.41) is 0. The van der Waals surface area contributed by atoms with Crippen LogP contribution < -0.4 is 0 Å². The fourth-order valence-corrected chi connectivity index (χ4v) is 2.95. The van der Waals surface area contributed by atoms with E-state index in [9.17, 15) is 0 Å². The fourth-order valence-electron chi connectivity index (χ4n) is 2.95. The van der Waals surface area contributed by atoms with Crippen molar-refractivity contribution < 1.29 is 4.65 Å². The summed E-state index contributed by atoms with van der Waals surface area (Å²) < 4.78 is 5.72. The van der Waals surface area contributed by atoms with Gasteiger partial charge in [-0.05, 0) is 37.8 Å². The van der Waals surface area contributed by atoms with Gasteiger partial charge in [0.2, 0.25) is 0 Å². The van der Waals surface area contributed by atoms with Gasteiger partial charge in [-0.3, -0.25) is 0 Å². The molecule has 1 aliphatic carbocycles. The van der Waals surface area contributed by atoms with Gasteiger partial charge in [-0.2, -0.15) is 0 Å². The summed E-state index contributed by atoms with van der Waals surface area (Å²) in [6.07, 6.45) is 8.60. The number of hydrogen-bond donors (Lipinski definition) is 0. The van der Waals surface area contributed by atoms with Crippen LogP contribution in [0.3, 0.4) is 0 Å². The molecule has 0 aromatic heterocycles. The Labute approximate surface area is 76.0 Å². The molecule has 2 atom stereocenters. The van der Waals surface area contributed by atoms with Crippen molar-refractivity contribution in [3.8, 4) is 0 Å². The number of fused-ring (bicyclic) bond motifs is 2. The molecule has 0 aromatic carbocycles. The van der Waals surface area contributed by atoms with E-state index in [2.05, 4.69) is 6.92 Å². The Morgan fingerprint density at radius 3 is 2.92 bits per heavy atom. The first-order valence-corrected chi connectivity index (χ1v) is 5.50. The van der Waals surface area contributed by atoms with Crippen molar-refractivity contribution in [1.29, 1.82) is 0 Å². The fraction of sp³-hybridized carbons (Fsp3) is 1.00. The van der Waals surface area contributed by atoms with Gasteiger partial charge >= 0.3 is 0 Å². The summed E-state index contributed by atoms with van der Waals surface area (Å²) in [7, 11) is 0.